The molecule has 120 valence electrons. The van der Waals surface area contributed by atoms with E-state index in [1.807, 2.05) is 12.1 Å². The Bertz CT molecular complexity index is 724. The molecule has 2 aromatic carbocycles. The SMILES string of the molecule is C=CCN1CC(Cc2cccc(C)c2C)Oc2cc(O)ccc21. The maximum atomic E-state index is 9.74. The van der Waals surface area contributed by atoms with Crippen LogP contribution in [0.2, 0.25) is 0 Å². The van der Waals surface area contributed by atoms with E-state index in [1.54, 1.807) is 12.1 Å². The molecule has 2 aromatic rings. The predicted octanol–water partition coefficient (Wildman–Crippen LogP) is 4.01. The molecule has 0 aliphatic carbocycles. The predicted molar refractivity (Wildman–Crippen MR) is 94.6 cm³/mol. The van der Waals surface area contributed by atoms with Crippen LogP contribution in [0.15, 0.2) is 49.1 Å². The fraction of sp³-hybridized carbons (Fsp3) is 0.300. The molecule has 3 nitrogen and oxygen atoms in total. The van der Waals surface area contributed by atoms with Crippen LogP contribution in [0.25, 0.3) is 0 Å². The van der Waals surface area contributed by atoms with Gasteiger partial charge in [0, 0.05) is 19.0 Å². The Morgan fingerprint density at radius 3 is 2.91 bits per heavy atom. The molecule has 0 fully saturated rings. The molecule has 0 saturated heterocycles. The van der Waals surface area contributed by atoms with Gasteiger partial charge in [0.1, 0.15) is 17.6 Å². The fourth-order valence-corrected chi connectivity index (χ4v) is 3.13. The summed E-state index contributed by atoms with van der Waals surface area (Å²) >= 11 is 0. The third kappa shape index (κ3) is 3.19. The Hall–Kier alpha value is -2.42. The van der Waals surface area contributed by atoms with Crippen LogP contribution in [-0.4, -0.2) is 24.3 Å². The molecule has 0 saturated carbocycles. The molecule has 23 heavy (non-hydrogen) atoms. The van der Waals surface area contributed by atoms with E-state index in [0.29, 0.717) is 0 Å². The number of nitrogens with zero attached hydrogens (tertiary/aromatic N) is 1. The summed E-state index contributed by atoms with van der Waals surface area (Å²) in [6.07, 6.45) is 2.82. The molecule has 1 aliphatic rings. The summed E-state index contributed by atoms with van der Waals surface area (Å²) < 4.78 is 6.15. The van der Waals surface area contributed by atoms with Crippen molar-refractivity contribution in [3.63, 3.8) is 0 Å². The van der Waals surface area contributed by atoms with Crippen molar-refractivity contribution in [3.8, 4) is 11.5 Å². The number of hydrogen-bond donors (Lipinski definition) is 1. The number of phenols is 1. The second kappa shape index (κ2) is 6.37. The van der Waals surface area contributed by atoms with Gasteiger partial charge in [-0.15, -0.1) is 6.58 Å². The number of phenolic OH excluding ortho intramolecular Hbond substituents is 1. The second-order valence-corrected chi connectivity index (χ2v) is 6.15. The van der Waals surface area contributed by atoms with Crippen LogP contribution in [0, 0.1) is 13.8 Å². The lowest BCUT2D eigenvalue weighted by Crippen LogP contribution is -2.41. The Balaban J connectivity index is 1.87. The largest absolute Gasteiger partial charge is 0.508 e. The van der Waals surface area contributed by atoms with Crippen LogP contribution in [0.4, 0.5) is 5.69 Å². The summed E-state index contributed by atoms with van der Waals surface area (Å²) in [7, 11) is 0. The van der Waals surface area contributed by atoms with Crippen molar-refractivity contribution in [3.05, 3.63) is 65.7 Å². The molecule has 1 unspecified atom stereocenters. The van der Waals surface area contributed by atoms with Gasteiger partial charge < -0.3 is 14.7 Å². The molecule has 1 heterocycles. The average Bonchev–Trinajstić information content (AvgIpc) is 2.52. The monoisotopic (exact) mass is 309 g/mol. The number of ether oxygens (including phenoxy) is 1. The summed E-state index contributed by atoms with van der Waals surface area (Å²) in [4.78, 5) is 2.25. The molecular weight excluding hydrogens is 286 g/mol. The first-order chi connectivity index (χ1) is 11.1. The second-order valence-electron chi connectivity index (χ2n) is 6.15. The summed E-state index contributed by atoms with van der Waals surface area (Å²) in [5.74, 6) is 0.975. The zero-order valence-electron chi connectivity index (χ0n) is 13.7. The lowest BCUT2D eigenvalue weighted by molar-refractivity contribution is 0.194. The molecule has 0 amide bonds. The molecule has 3 rings (SSSR count). The Morgan fingerprint density at radius 2 is 2.13 bits per heavy atom. The van der Waals surface area contributed by atoms with Gasteiger partial charge in [0.05, 0.1) is 12.2 Å². The van der Waals surface area contributed by atoms with E-state index >= 15 is 0 Å². The number of rotatable bonds is 4. The van der Waals surface area contributed by atoms with E-state index in [9.17, 15) is 5.11 Å². The third-order valence-electron chi connectivity index (χ3n) is 4.52. The fourth-order valence-electron chi connectivity index (χ4n) is 3.13. The highest BCUT2D eigenvalue weighted by Crippen LogP contribution is 2.36. The van der Waals surface area contributed by atoms with Gasteiger partial charge in [-0.1, -0.05) is 24.3 Å². The van der Waals surface area contributed by atoms with Gasteiger partial charge in [-0.25, -0.2) is 0 Å². The highest BCUT2D eigenvalue weighted by molar-refractivity contribution is 5.62. The minimum absolute atomic E-state index is 0.0600. The number of anilines is 1. The molecule has 0 radical (unpaired) electrons. The normalized spacial score (nSPS) is 16.6. The third-order valence-corrected chi connectivity index (χ3v) is 4.52. The quantitative estimate of drug-likeness (QED) is 0.866. The zero-order valence-corrected chi connectivity index (χ0v) is 13.7. The van der Waals surface area contributed by atoms with Crippen molar-refractivity contribution >= 4 is 5.69 Å². The van der Waals surface area contributed by atoms with E-state index in [4.69, 9.17) is 4.74 Å². The van der Waals surface area contributed by atoms with Crippen molar-refractivity contribution in [2.45, 2.75) is 26.4 Å². The van der Waals surface area contributed by atoms with Crippen molar-refractivity contribution in [2.24, 2.45) is 0 Å². The molecule has 0 aromatic heterocycles. The molecule has 0 spiro atoms. The molecule has 1 atom stereocenters. The van der Waals surface area contributed by atoms with Crippen molar-refractivity contribution in [1.82, 2.24) is 0 Å². The minimum atomic E-state index is 0.0600. The van der Waals surface area contributed by atoms with Gasteiger partial charge in [-0.3, -0.25) is 0 Å². The standard InChI is InChI=1S/C20H23NO2/c1-4-10-21-13-18(11-16-7-5-6-14(2)15(16)3)23-20-12-17(22)8-9-19(20)21/h4-9,12,18,22H,1,10-11,13H2,2-3H3. The zero-order chi connectivity index (χ0) is 16.4. The highest BCUT2D eigenvalue weighted by Gasteiger charge is 2.26. The van der Waals surface area contributed by atoms with Crippen molar-refractivity contribution in [2.75, 3.05) is 18.0 Å². The average molecular weight is 309 g/mol. The van der Waals surface area contributed by atoms with Crippen LogP contribution in [-0.2, 0) is 6.42 Å². The number of benzene rings is 2. The summed E-state index contributed by atoms with van der Waals surface area (Å²) in [6.45, 7) is 9.73. The van der Waals surface area contributed by atoms with Gasteiger partial charge in [-0.05, 0) is 42.7 Å². The maximum Gasteiger partial charge on any atom is 0.146 e. The van der Waals surface area contributed by atoms with E-state index in [1.165, 1.54) is 16.7 Å². The first-order valence-corrected chi connectivity index (χ1v) is 7.99. The van der Waals surface area contributed by atoms with Crippen molar-refractivity contribution < 1.29 is 9.84 Å². The highest BCUT2D eigenvalue weighted by atomic mass is 16.5. The number of aromatic hydroxyl groups is 1. The summed E-state index contributed by atoms with van der Waals surface area (Å²) in [5.41, 5.74) is 4.96. The number of fused-ring (bicyclic) bond motifs is 1. The van der Waals surface area contributed by atoms with E-state index in [-0.39, 0.29) is 11.9 Å². The molecule has 1 N–H and O–H groups in total. The summed E-state index contributed by atoms with van der Waals surface area (Å²) in [5, 5.41) is 9.74. The van der Waals surface area contributed by atoms with Crippen LogP contribution >= 0.6 is 0 Å². The van der Waals surface area contributed by atoms with E-state index in [2.05, 4.69) is 43.5 Å². The Kier molecular flexibility index (Phi) is 4.28. The first-order valence-electron chi connectivity index (χ1n) is 7.99. The van der Waals surface area contributed by atoms with E-state index in [0.717, 1.165) is 30.9 Å². The van der Waals surface area contributed by atoms with Crippen LogP contribution < -0.4 is 9.64 Å². The lowest BCUT2D eigenvalue weighted by atomic mass is 9.97. The molecule has 3 heteroatoms. The van der Waals surface area contributed by atoms with Crippen LogP contribution in [0.3, 0.4) is 0 Å². The minimum Gasteiger partial charge on any atom is -0.508 e. The Labute approximate surface area is 137 Å². The topological polar surface area (TPSA) is 32.7 Å². The number of aryl methyl sites for hydroxylation is 1. The molecule has 1 aliphatic heterocycles. The van der Waals surface area contributed by atoms with Crippen LogP contribution in [0.5, 0.6) is 11.5 Å². The van der Waals surface area contributed by atoms with Gasteiger partial charge in [0.15, 0.2) is 0 Å². The Morgan fingerprint density at radius 1 is 1.30 bits per heavy atom. The van der Waals surface area contributed by atoms with Gasteiger partial charge in [0.25, 0.3) is 0 Å². The molecule has 0 bridgehead atoms. The maximum absolute atomic E-state index is 9.74. The van der Waals surface area contributed by atoms with Gasteiger partial charge in [0.2, 0.25) is 0 Å². The number of hydrogen-bond acceptors (Lipinski definition) is 3. The van der Waals surface area contributed by atoms with Gasteiger partial charge in [-0.2, -0.15) is 0 Å². The lowest BCUT2D eigenvalue weighted by Gasteiger charge is -2.36. The van der Waals surface area contributed by atoms with Crippen LogP contribution in [0.1, 0.15) is 16.7 Å². The smallest absolute Gasteiger partial charge is 0.146 e. The van der Waals surface area contributed by atoms with Crippen molar-refractivity contribution in [1.29, 1.82) is 0 Å². The van der Waals surface area contributed by atoms with E-state index < -0.39 is 0 Å². The first kappa shape index (κ1) is 15.5. The van der Waals surface area contributed by atoms with Gasteiger partial charge >= 0.3 is 0 Å². The molecular formula is C20H23NO2. The summed E-state index contributed by atoms with van der Waals surface area (Å²) in [6, 6.07) is 11.7.